The maximum absolute atomic E-state index is 3.40. The molecule has 0 saturated carbocycles. The van der Waals surface area contributed by atoms with Crippen molar-refractivity contribution in [2.75, 3.05) is 37.8 Å². The quantitative estimate of drug-likeness (QED) is 0.0609. The normalized spacial score (nSPS) is 16.0. The summed E-state index contributed by atoms with van der Waals surface area (Å²) in [7, 11) is 4.47. The summed E-state index contributed by atoms with van der Waals surface area (Å²) >= 11 is 6.80. The molecule has 58 heavy (non-hydrogen) atoms. The van der Waals surface area contributed by atoms with Crippen molar-refractivity contribution in [3.05, 3.63) is 131 Å². The molecular formula is C52H60Br2N4+2. The van der Waals surface area contributed by atoms with Crippen LogP contribution in [0.25, 0.3) is 0 Å². The van der Waals surface area contributed by atoms with Crippen LogP contribution in [0.15, 0.2) is 97.6 Å². The molecule has 2 aliphatic rings. The SMILES string of the molecule is BrCCCC#Cc1cccc(C#CCCCBr)c1.CN1CCC[C@H]1c1ccc[n+](CCCC#Cc2cccc(C#CCCC[n+]3cccc([C@@H]4CCCN4C)c3)c2)c1. The second-order valence-electron chi connectivity index (χ2n) is 15.2. The molecule has 0 spiro atoms. The van der Waals surface area contributed by atoms with Gasteiger partial charge in [-0.1, -0.05) is 91.4 Å². The number of nitrogens with zero attached hydrogens (tertiary/aromatic N) is 4. The molecule has 4 heterocycles. The van der Waals surface area contributed by atoms with Gasteiger partial charge in [0.1, 0.15) is 13.1 Å². The van der Waals surface area contributed by atoms with Crippen molar-refractivity contribution in [3.8, 4) is 47.4 Å². The Bertz CT molecular complexity index is 1990. The van der Waals surface area contributed by atoms with Crippen LogP contribution in [-0.2, 0) is 13.1 Å². The average Bonchev–Trinajstić information content (AvgIpc) is 3.89. The van der Waals surface area contributed by atoms with Gasteiger partial charge in [-0.05, 0) is 114 Å². The lowest BCUT2D eigenvalue weighted by molar-refractivity contribution is -0.697. The number of aryl methyl sites for hydroxylation is 2. The van der Waals surface area contributed by atoms with E-state index in [1.807, 2.05) is 18.2 Å². The van der Waals surface area contributed by atoms with E-state index >= 15 is 0 Å². The Morgan fingerprint density at radius 3 is 1.26 bits per heavy atom. The largest absolute Gasteiger partial charge is 0.299 e. The first-order valence-electron chi connectivity index (χ1n) is 21.2. The smallest absolute Gasteiger partial charge is 0.173 e. The summed E-state index contributed by atoms with van der Waals surface area (Å²) in [6.45, 7) is 4.42. The van der Waals surface area contributed by atoms with Crippen molar-refractivity contribution in [2.24, 2.45) is 0 Å². The van der Waals surface area contributed by atoms with Crippen molar-refractivity contribution in [2.45, 2.75) is 102 Å². The zero-order valence-electron chi connectivity index (χ0n) is 34.7. The molecule has 4 aromatic rings. The van der Waals surface area contributed by atoms with Gasteiger partial charge in [0, 0.05) is 107 Å². The highest BCUT2D eigenvalue weighted by Gasteiger charge is 2.25. The van der Waals surface area contributed by atoms with Gasteiger partial charge in [-0.3, -0.25) is 9.80 Å². The van der Waals surface area contributed by atoms with Gasteiger partial charge in [-0.2, -0.15) is 0 Å². The van der Waals surface area contributed by atoms with E-state index in [9.17, 15) is 0 Å². The monoisotopic (exact) mass is 898 g/mol. The Labute approximate surface area is 367 Å². The lowest BCUT2D eigenvalue weighted by Gasteiger charge is -2.18. The van der Waals surface area contributed by atoms with Crippen LogP contribution in [0.3, 0.4) is 0 Å². The molecule has 6 heteroatoms. The van der Waals surface area contributed by atoms with Gasteiger partial charge in [-0.15, -0.1) is 0 Å². The average molecular weight is 901 g/mol. The van der Waals surface area contributed by atoms with Crippen molar-refractivity contribution in [3.63, 3.8) is 0 Å². The first-order chi connectivity index (χ1) is 28.5. The molecule has 0 bridgehead atoms. The third kappa shape index (κ3) is 15.9. The highest BCUT2D eigenvalue weighted by molar-refractivity contribution is 9.09. The van der Waals surface area contributed by atoms with Gasteiger partial charge in [-0.25, -0.2) is 9.13 Å². The van der Waals surface area contributed by atoms with E-state index in [0.717, 1.165) is 97.4 Å². The highest BCUT2D eigenvalue weighted by Crippen LogP contribution is 2.30. The molecule has 2 aromatic heterocycles. The topological polar surface area (TPSA) is 14.2 Å². The van der Waals surface area contributed by atoms with Crippen LogP contribution in [0.5, 0.6) is 0 Å². The first kappa shape index (κ1) is 45.0. The lowest BCUT2D eigenvalue weighted by Crippen LogP contribution is -2.34. The fourth-order valence-electron chi connectivity index (χ4n) is 7.44. The predicted octanol–water partition coefficient (Wildman–Crippen LogP) is 10.2. The Kier molecular flexibility index (Phi) is 20.2. The number of hydrogen-bond donors (Lipinski definition) is 0. The fraction of sp³-hybridized carbons (Fsp3) is 0.423. The van der Waals surface area contributed by atoms with Crippen LogP contribution in [0.2, 0.25) is 0 Å². The van der Waals surface area contributed by atoms with Crippen LogP contribution < -0.4 is 9.13 Å². The number of alkyl halides is 2. The van der Waals surface area contributed by atoms with Crippen LogP contribution in [0.4, 0.5) is 0 Å². The van der Waals surface area contributed by atoms with E-state index in [1.165, 1.54) is 49.9 Å². The third-order valence-electron chi connectivity index (χ3n) is 10.5. The minimum absolute atomic E-state index is 0.572. The minimum atomic E-state index is 0.572. The fourth-order valence-corrected chi connectivity index (χ4v) is 8.00. The summed E-state index contributed by atoms with van der Waals surface area (Å²) in [6.07, 6.45) is 22.1. The van der Waals surface area contributed by atoms with Crippen LogP contribution in [-0.4, -0.2) is 47.6 Å². The molecule has 0 aliphatic carbocycles. The standard InChI is InChI=1S/C36H44N4.C16H16Br2/c1-37-22-12-20-35(37)33-18-10-26-39(29-33)24-7-3-5-14-31-16-9-17-32(28-31)15-6-4-8-25-40-27-11-19-34(30-40)36-21-13-23-38(36)2;17-12-5-1-3-8-15-10-7-11-16(14-15)9-4-2-6-13-18/h9-11,16-19,26-30,35-36H,3-4,7-8,12-13,20-25H2,1-2H3;7,10-11,14H,1-2,5-6,12-13H2/q+2;/t35-,36-;/m0./s1. The molecule has 2 aromatic carbocycles. The molecule has 4 nitrogen and oxygen atoms in total. The molecule has 0 unspecified atom stereocenters. The number of pyridine rings is 2. The highest BCUT2D eigenvalue weighted by atomic mass is 79.9. The number of benzene rings is 2. The zero-order valence-corrected chi connectivity index (χ0v) is 37.8. The number of unbranched alkanes of at least 4 members (excludes halogenated alkanes) is 4. The van der Waals surface area contributed by atoms with Gasteiger partial charge in [0.15, 0.2) is 24.8 Å². The Balaban J connectivity index is 0.000000299. The predicted molar refractivity (Wildman–Crippen MR) is 247 cm³/mol. The van der Waals surface area contributed by atoms with E-state index in [0.29, 0.717) is 12.1 Å². The van der Waals surface area contributed by atoms with Crippen molar-refractivity contribution in [1.29, 1.82) is 0 Å². The summed E-state index contributed by atoms with van der Waals surface area (Å²) in [6, 6.07) is 26.5. The van der Waals surface area contributed by atoms with Crippen molar-refractivity contribution in [1.82, 2.24) is 9.80 Å². The molecule has 0 radical (unpaired) electrons. The molecule has 300 valence electrons. The van der Waals surface area contributed by atoms with Crippen LogP contribution >= 0.6 is 31.9 Å². The maximum atomic E-state index is 3.40. The number of rotatable bonds is 12. The van der Waals surface area contributed by atoms with Gasteiger partial charge in [0.05, 0.1) is 0 Å². The summed E-state index contributed by atoms with van der Waals surface area (Å²) in [5.74, 6) is 26.1. The molecule has 0 amide bonds. The first-order valence-corrected chi connectivity index (χ1v) is 23.4. The van der Waals surface area contributed by atoms with E-state index in [2.05, 4.69) is 192 Å². The molecule has 6 rings (SSSR count). The molecule has 0 N–H and O–H groups in total. The van der Waals surface area contributed by atoms with Crippen LogP contribution in [0, 0.1) is 47.4 Å². The number of aromatic nitrogens is 2. The summed E-state index contributed by atoms with van der Waals surface area (Å²) in [5.41, 5.74) is 7.08. The van der Waals surface area contributed by atoms with Crippen molar-refractivity contribution >= 4 is 31.9 Å². The van der Waals surface area contributed by atoms with E-state index in [1.54, 1.807) is 0 Å². The van der Waals surface area contributed by atoms with Gasteiger partial charge in [0.25, 0.3) is 0 Å². The minimum Gasteiger partial charge on any atom is -0.299 e. The second-order valence-corrected chi connectivity index (χ2v) is 16.8. The number of hydrogen-bond acceptors (Lipinski definition) is 2. The zero-order chi connectivity index (χ0) is 40.6. The van der Waals surface area contributed by atoms with E-state index in [-0.39, 0.29) is 0 Å². The molecule has 2 atom stereocenters. The molecule has 2 aliphatic heterocycles. The van der Waals surface area contributed by atoms with Crippen LogP contribution in [0.1, 0.15) is 123 Å². The van der Waals surface area contributed by atoms with Crippen molar-refractivity contribution < 1.29 is 9.13 Å². The summed E-state index contributed by atoms with van der Waals surface area (Å²) in [5, 5.41) is 2.03. The van der Waals surface area contributed by atoms with Gasteiger partial charge >= 0.3 is 0 Å². The number of halogens is 2. The molecule has 2 fully saturated rings. The summed E-state index contributed by atoms with van der Waals surface area (Å²) < 4.78 is 4.64. The molecular weight excluding hydrogens is 840 g/mol. The second kappa shape index (κ2) is 26.1. The molecule has 2 saturated heterocycles. The Morgan fingerprint density at radius 2 is 0.914 bits per heavy atom. The lowest BCUT2D eigenvalue weighted by atomic mass is 10.1. The van der Waals surface area contributed by atoms with Gasteiger partial charge < -0.3 is 0 Å². The van der Waals surface area contributed by atoms with E-state index < -0.39 is 0 Å². The van der Waals surface area contributed by atoms with E-state index in [4.69, 9.17) is 0 Å². The Hall–Kier alpha value is -4.14. The van der Waals surface area contributed by atoms with Gasteiger partial charge in [0.2, 0.25) is 0 Å². The number of likely N-dealkylation sites (tertiary alicyclic amines) is 2. The Morgan fingerprint density at radius 1 is 0.534 bits per heavy atom. The maximum Gasteiger partial charge on any atom is 0.173 e. The summed E-state index contributed by atoms with van der Waals surface area (Å²) in [4.78, 5) is 4.94. The third-order valence-corrected chi connectivity index (χ3v) is 11.7.